The summed E-state index contributed by atoms with van der Waals surface area (Å²) in [5.74, 6) is -0.521. The van der Waals surface area contributed by atoms with Crippen LogP contribution in [0.15, 0.2) is 72.9 Å². The number of hydrogen-bond acceptors (Lipinski definition) is 6. The van der Waals surface area contributed by atoms with Gasteiger partial charge in [0.15, 0.2) is 0 Å². The molecule has 0 heterocycles. The van der Waals surface area contributed by atoms with E-state index in [0.717, 1.165) is 89.9 Å². The van der Waals surface area contributed by atoms with Crippen molar-refractivity contribution < 1.29 is 37.3 Å². The number of nitrogens with zero attached hydrogens (tertiary/aromatic N) is 1. The third-order valence-corrected chi connectivity index (χ3v) is 15.9. The Hall–Kier alpha value is -2.55. The number of likely N-dealkylation sites (N-methyl/N-ethyl adjacent to an activating group) is 1. The number of hydrogen-bond donors (Lipinski definition) is 2. The fourth-order valence-electron chi connectivity index (χ4n) is 9.63. The van der Waals surface area contributed by atoms with Gasteiger partial charge in [-0.2, -0.15) is 0 Å². The average Bonchev–Trinajstić information content (AvgIpc) is 3.42. The highest BCUT2D eigenvalue weighted by Crippen LogP contribution is 2.43. The standard InChI is InChI=1S/C70H129N2O7P/c1-7-10-13-16-19-22-25-28-30-31-32-33-34-35-36-37-38-39-40-41-42-45-48-51-54-57-60-63-70(74)79-68(61-58-55-52-49-46-43-27-24-21-18-15-12-9-3)67(66-78-80(75,76)77-65-64-72(4,5)6)71-69(73)62-59-56-53-50-47-44-29-26-23-20-17-14-11-8-2/h19,22,28,30,32-33,35-36,44,47,58,61,67-68H,7-18,20-21,23-27,29,31,34,37-43,45-46,48-57,59-60,62-66H2,1-6H3,(H-,71,73,75,76)/p+1/b22-19-,30-28-,33-32-,36-35-,47-44-,61-58-. The van der Waals surface area contributed by atoms with Gasteiger partial charge in [0, 0.05) is 12.8 Å². The molecule has 3 unspecified atom stereocenters. The molecule has 80 heavy (non-hydrogen) atoms. The summed E-state index contributed by atoms with van der Waals surface area (Å²) < 4.78 is 30.7. The van der Waals surface area contributed by atoms with Crippen LogP contribution in [0.3, 0.4) is 0 Å². The molecule has 0 saturated carbocycles. The Bertz CT molecular complexity index is 1600. The lowest BCUT2D eigenvalue weighted by Crippen LogP contribution is -2.47. The van der Waals surface area contributed by atoms with Crippen molar-refractivity contribution in [3.63, 3.8) is 0 Å². The Morgan fingerprint density at radius 2 is 0.762 bits per heavy atom. The van der Waals surface area contributed by atoms with Crippen LogP contribution in [0.2, 0.25) is 0 Å². The summed E-state index contributed by atoms with van der Waals surface area (Å²) in [4.78, 5) is 37.8. The minimum Gasteiger partial charge on any atom is -0.456 e. The number of phosphoric acid groups is 1. The summed E-state index contributed by atoms with van der Waals surface area (Å²) in [5, 5.41) is 3.05. The zero-order valence-corrected chi connectivity index (χ0v) is 54.2. The molecule has 0 rings (SSSR count). The molecule has 0 radical (unpaired) electrons. The van der Waals surface area contributed by atoms with Gasteiger partial charge in [0.1, 0.15) is 19.3 Å². The first-order chi connectivity index (χ1) is 38.9. The number of esters is 1. The summed E-state index contributed by atoms with van der Waals surface area (Å²) in [6.07, 6.45) is 77.6. The molecule has 0 aromatic rings. The maximum absolute atomic E-state index is 13.5. The monoisotopic (exact) mass is 1140 g/mol. The number of carbonyl (C=O) groups is 2. The summed E-state index contributed by atoms with van der Waals surface area (Å²) in [6, 6.07) is -0.859. The van der Waals surface area contributed by atoms with E-state index in [0.29, 0.717) is 17.4 Å². The quantitative estimate of drug-likeness (QED) is 0.0205. The lowest BCUT2D eigenvalue weighted by molar-refractivity contribution is -0.870. The van der Waals surface area contributed by atoms with Crippen molar-refractivity contribution in [3.05, 3.63) is 72.9 Å². The van der Waals surface area contributed by atoms with Gasteiger partial charge in [-0.25, -0.2) is 4.57 Å². The van der Waals surface area contributed by atoms with E-state index in [4.69, 9.17) is 13.8 Å². The van der Waals surface area contributed by atoms with E-state index in [1.54, 1.807) is 0 Å². The normalized spacial score (nSPS) is 14.0. The predicted octanol–water partition coefficient (Wildman–Crippen LogP) is 21.2. The Kier molecular flexibility index (Phi) is 57.7. The zero-order valence-electron chi connectivity index (χ0n) is 53.3. The van der Waals surface area contributed by atoms with E-state index in [1.807, 2.05) is 33.3 Å². The summed E-state index contributed by atoms with van der Waals surface area (Å²) >= 11 is 0. The summed E-state index contributed by atoms with van der Waals surface area (Å²) in [5.41, 5.74) is 0. The minimum atomic E-state index is -4.46. The lowest BCUT2D eigenvalue weighted by Gasteiger charge is -2.27. The van der Waals surface area contributed by atoms with Crippen molar-refractivity contribution in [3.8, 4) is 0 Å². The Labute approximate surface area is 495 Å². The molecule has 0 fully saturated rings. The van der Waals surface area contributed by atoms with Gasteiger partial charge < -0.3 is 19.4 Å². The third kappa shape index (κ3) is 60.1. The molecule has 0 aromatic heterocycles. The van der Waals surface area contributed by atoms with Crippen molar-refractivity contribution in [1.82, 2.24) is 5.32 Å². The van der Waals surface area contributed by atoms with E-state index < -0.39 is 20.0 Å². The minimum absolute atomic E-state index is 0.0359. The average molecular weight is 1140 g/mol. The van der Waals surface area contributed by atoms with Crippen LogP contribution in [0.25, 0.3) is 0 Å². The highest BCUT2D eigenvalue weighted by atomic mass is 31.2. The van der Waals surface area contributed by atoms with Crippen LogP contribution in [0.5, 0.6) is 0 Å². The van der Waals surface area contributed by atoms with Crippen LogP contribution in [-0.2, 0) is 27.9 Å². The number of rotatable bonds is 61. The van der Waals surface area contributed by atoms with Crippen LogP contribution < -0.4 is 5.32 Å². The molecule has 9 nitrogen and oxygen atoms in total. The molecule has 0 aliphatic rings. The van der Waals surface area contributed by atoms with Crippen LogP contribution in [0.4, 0.5) is 0 Å². The number of phosphoric ester groups is 1. The molecular weight excluding hydrogens is 1010 g/mol. The molecule has 0 bridgehead atoms. The van der Waals surface area contributed by atoms with Crippen molar-refractivity contribution in [2.75, 3.05) is 40.9 Å². The van der Waals surface area contributed by atoms with E-state index in [2.05, 4.69) is 86.8 Å². The van der Waals surface area contributed by atoms with Gasteiger partial charge in [-0.3, -0.25) is 18.6 Å². The van der Waals surface area contributed by atoms with Gasteiger partial charge in [-0.05, 0) is 102 Å². The number of amides is 1. The highest BCUT2D eigenvalue weighted by molar-refractivity contribution is 7.47. The number of nitrogens with one attached hydrogen (secondary N) is 1. The SMILES string of the molecule is CCCCC/C=C\C/C=C\C/C=C\C/C=C\CCCCCCCCCCCCCC(=O)OC(/C=C\CCCCCCCCCCCCC)C(COP(=O)(O)OCC[N+](C)(C)C)NC(=O)CCCCC/C=C\CCCCCCCCC. The van der Waals surface area contributed by atoms with E-state index >= 15 is 0 Å². The molecule has 10 heteroatoms. The number of carbonyl (C=O) groups excluding carboxylic acids is 2. The highest BCUT2D eigenvalue weighted by Gasteiger charge is 2.30. The van der Waals surface area contributed by atoms with Gasteiger partial charge >= 0.3 is 13.8 Å². The molecule has 0 aliphatic carbocycles. The number of quaternary nitrogens is 1. The fraction of sp³-hybridized carbons (Fsp3) is 0.800. The summed E-state index contributed by atoms with van der Waals surface area (Å²) in [7, 11) is 1.49. The fourth-order valence-corrected chi connectivity index (χ4v) is 10.4. The second-order valence-electron chi connectivity index (χ2n) is 24.0. The van der Waals surface area contributed by atoms with E-state index in [-0.39, 0.29) is 31.5 Å². The van der Waals surface area contributed by atoms with Crippen molar-refractivity contribution in [2.45, 2.75) is 322 Å². The zero-order chi connectivity index (χ0) is 58.6. The smallest absolute Gasteiger partial charge is 0.456 e. The molecule has 0 spiro atoms. The van der Waals surface area contributed by atoms with Gasteiger partial charge in [0.25, 0.3) is 0 Å². The van der Waals surface area contributed by atoms with Crippen molar-refractivity contribution >= 4 is 19.7 Å². The van der Waals surface area contributed by atoms with Gasteiger partial charge in [0.05, 0.1) is 33.8 Å². The molecular formula is C70H130N2O7P+. The number of unbranched alkanes of at least 4 members (excludes halogenated alkanes) is 35. The van der Waals surface area contributed by atoms with Crippen LogP contribution in [0.1, 0.15) is 310 Å². The largest absolute Gasteiger partial charge is 0.472 e. The Morgan fingerprint density at radius 1 is 0.438 bits per heavy atom. The predicted molar refractivity (Wildman–Crippen MR) is 346 cm³/mol. The number of allylic oxidation sites excluding steroid dienone is 11. The van der Waals surface area contributed by atoms with Crippen LogP contribution in [-0.4, -0.2) is 74.3 Å². The first-order valence-electron chi connectivity index (χ1n) is 33.8. The van der Waals surface area contributed by atoms with Crippen molar-refractivity contribution in [2.24, 2.45) is 0 Å². The number of ether oxygens (including phenoxy) is 1. The second-order valence-corrected chi connectivity index (χ2v) is 25.4. The Balaban J connectivity index is 5.10. The topological polar surface area (TPSA) is 111 Å². The molecule has 0 saturated heterocycles. The van der Waals surface area contributed by atoms with Gasteiger partial charge in [-0.15, -0.1) is 0 Å². The molecule has 2 N–H and O–H groups in total. The maximum Gasteiger partial charge on any atom is 0.472 e. The van der Waals surface area contributed by atoms with Gasteiger partial charge in [-0.1, -0.05) is 267 Å². The first-order valence-corrected chi connectivity index (χ1v) is 35.3. The van der Waals surface area contributed by atoms with Crippen LogP contribution in [0, 0.1) is 0 Å². The van der Waals surface area contributed by atoms with E-state index in [1.165, 1.54) is 186 Å². The lowest BCUT2D eigenvalue weighted by atomic mass is 10.0. The van der Waals surface area contributed by atoms with E-state index in [9.17, 15) is 19.0 Å². The van der Waals surface area contributed by atoms with Crippen molar-refractivity contribution in [1.29, 1.82) is 0 Å². The van der Waals surface area contributed by atoms with Gasteiger partial charge in [0.2, 0.25) is 5.91 Å². The summed E-state index contributed by atoms with van der Waals surface area (Å²) in [6.45, 7) is 6.99. The Morgan fingerprint density at radius 3 is 1.19 bits per heavy atom. The second kappa shape index (κ2) is 59.6. The maximum atomic E-state index is 13.5. The molecule has 0 aliphatic heterocycles. The molecule has 1 amide bonds. The molecule has 0 aromatic carbocycles. The van der Waals surface area contributed by atoms with Crippen LogP contribution >= 0.6 is 7.82 Å². The third-order valence-electron chi connectivity index (χ3n) is 14.9. The first kappa shape index (κ1) is 77.5. The molecule has 466 valence electrons. The molecule has 3 atom stereocenters.